The first-order chi connectivity index (χ1) is 16.0. The molecule has 2 aromatic carbocycles. The number of hydrogen-bond acceptors (Lipinski definition) is 4. The minimum Gasteiger partial charge on any atom is -0.481 e. The van der Waals surface area contributed by atoms with Crippen LogP contribution in [0.2, 0.25) is 0 Å². The van der Waals surface area contributed by atoms with Crippen molar-refractivity contribution < 1.29 is 24.2 Å². The van der Waals surface area contributed by atoms with Gasteiger partial charge in [-0.25, -0.2) is 4.79 Å². The van der Waals surface area contributed by atoms with Crippen molar-refractivity contribution in [3.63, 3.8) is 0 Å². The summed E-state index contributed by atoms with van der Waals surface area (Å²) in [5.41, 5.74) is 4.63. The summed E-state index contributed by atoms with van der Waals surface area (Å²) in [5.74, 6) is -1.68. The molecule has 1 saturated heterocycles. The number of fused-ring (bicyclic) bond motifs is 3. The number of amides is 2. The highest BCUT2D eigenvalue weighted by atomic mass is 16.5. The lowest BCUT2D eigenvalue weighted by atomic mass is 9.90. The van der Waals surface area contributed by atoms with E-state index in [4.69, 9.17) is 4.74 Å². The van der Waals surface area contributed by atoms with Crippen molar-refractivity contribution in [3.8, 4) is 11.1 Å². The number of carboxylic acid groups (broad SMARTS) is 1. The van der Waals surface area contributed by atoms with Gasteiger partial charge >= 0.3 is 12.1 Å². The summed E-state index contributed by atoms with van der Waals surface area (Å²) in [7, 11) is 0. The first-order valence-corrected chi connectivity index (χ1v) is 11.3. The quantitative estimate of drug-likeness (QED) is 0.656. The molecule has 7 heteroatoms. The van der Waals surface area contributed by atoms with E-state index in [1.165, 1.54) is 17.2 Å². The van der Waals surface area contributed by atoms with Crippen LogP contribution in [0.15, 0.2) is 60.7 Å². The van der Waals surface area contributed by atoms with E-state index in [0.717, 1.165) is 11.1 Å². The molecule has 2 amide bonds. The van der Waals surface area contributed by atoms with Crippen LogP contribution in [-0.4, -0.2) is 53.7 Å². The number of benzene rings is 2. The number of rotatable bonds is 6. The SMILES string of the molecule is C[C@H]1[C@@H](C(=O)O)CCCN1C(=O)/C=C/CNC(=O)OCC1c2ccccc2-c2ccccc21. The standard InChI is InChI=1S/C26H28N2O5/c1-17-18(25(30)31)12-7-15-28(17)24(29)13-6-14-27-26(32)33-16-23-21-10-4-2-8-19(21)20-9-3-5-11-22(20)23/h2-6,8-11,13,17-18,23H,7,12,14-16H2,1H3,(H,27,32)(H,30,31)/b13-6+/t17-,18-/m0/s1. The molecule has 0 saturated carbocycles. The number of piperidine rings is 1. The van der Waals surface area contributed by atoms with E-state index in [0.29, 0.717) is 19.4 Å². The fourth-order valence-electron chi connectivity index (χ4n) is 4.83. The molecule has 2 aromatic rings. The summed E-state index contributed by atoms with van der Waals surface area (Å²) in [6, 6.07) is 15.9. The topological polar surface area (TPSA) is 95.9 Å². The van der Waals surface area contributed by atoms with Gasteiger partial charge in [-0.05, 0) is 42.0 Å². The number of nitrogens with one attached hydrogen (secondary N) is 1. The fraction of sp³-hybridized carbons (Fsp3) is 0.346. The molecule has 2 N–H and O–H groups in total. The normalized spacial score (nSPS) is 19.7. The van der Waals surface area contributed by atoms with Gasteiger partial charge in [0.25, 0.3) is 0 Å². The van der Waals surface area contributed by atoms with E-state index in [1.807, 2.05) is 24.3 Å². The molecule has 1 aliphatic carbocycles. The molecule has 1 fully saturated rings. The molecule has 172 valence electrons. The molecule has 0 radical (unpaired) electrons. The maximum absolute atomic E-state index is 12.5. The molecule has 0 spiro atoms. The zero-order valence-corrected chi connectivity index (χ0v) is 18.6. The Balaban J connectivity index is 1.27. The highest BCUT2D eigenvalue weighted by Gasteiger charge is 2.34. The van der Waals surface area contributed by atoms with E-state index in [-0.39, 0.29) is 31.0 Å². The Hall–Kier alpha value is -3.61. The molecule has 0 bridgehead atoms. The van der Waals surface area contributed by atoms with Gasteiger partial charge in [0.1, 0.15) is 6.61 Å². The Labute approximate surface area is 193 Å². The van der Waals surface area contributed by atoms with E-state index >= 15 is 0 Å². The monoisotopic (exact) mass is 448 g/mol. The molecule has 2 aliphatic rings. The number of ether oxygens (including phenoxy) is 1. The molecular weight excluding hydrogens is 420 g/mol. The van der Waals surface area contributed by atoms with Crippen molar-refractivity contribution in [2.75, 3.05) is 19.7 Å². The number of hydrogen-bond donors (Lipinski definition) is 2. The average Bonchev–Trinajstić information content (AvgIpc) is 3.14. The van der Waals surface area contributed by atoms with Crippen molar-refractivity contribution in [3.05, 3.63) is 71.8 Å². The number of carbonyl (C=O) groups is 3. The lowest BCUT2D eigenvalue weighted by molar-refractivity contribution is -0.147. The maximum Gasteiger partial charge on any atom is 0.407 e. The average molecular weight is 449 g/mol. The molecule has 2 atom stereocenters. The van der Waals surface area contributed by atoms with Crippen LogP contribution in [0.1, 0.15) is 36.8 Å². The molecule has 7 nitrogen and oxygen atoms in total. The van der Waals surface area contributed by atoms with Crippen LogP contribution in [-0.2, 0) is 14.3 Å². The number of alkyl carbamates (subject to hydrolysis) is 1. The molecular formula is C26H28N2O5. The molecule has 0 aromatic heterocycles. The smallest absolute Gasteiger partial charge is 0.407 e. The Bertz CT molecular complexity index is 1030. The van der Waals surface area contributed by atoms with Crippen LogP contribution < -0.4 is 5.32 Å². The summed E-state index contributed by atoms with van der Waals surface area (Å²) in [4.78, 5) is 37.6. The number of likely N-dealkylation sites (tertiary alicyclic amines) is 1. The summed E-state index contributed by atoms with van der Waals surface area (Å²) >= 11 is 0. The van der Waals surface area contributed by atoms with Gasteiger partial charge < -0.3 is 20.1 Å². The predicted molar refractivity (Wildman–Crippen MR) is 124 cm³/mol. The highest BCUT2D eigenvalue weighted by molar-refractivity contribution is 5.88. The lowest BCUT2D eigenvalue weighted by Gasteiger charge is -2.36. The molecule has 1 aliphatic heterocycles. The number of aliphatic carboxylic acids is 1. The second kappa shape index (κ2) is 9.90. The van der Waals surface area contributed by atoms with Crippen LogP contribution in [0.5, 0.6) is 0 Å². The Morgan fingerprint density at radius 1 is 1.09 bits per heavy atom. The maximum atomic E-state index is 12.5. The molecule has 4 rings (SSSR count). The van der Waals surface area contributed by atoms with Gasteiger partial charge in [-0.1, -0.05) is 54.6 Å². The lowest BCUT2D eigenvalue weighted by Crippen LogP contribution is -2.48. The summed E-state index contributed by atoms with van der Waals surface area (Å²) in [6.07, 6.45) is 3.63. The molecule has 33 heavy (non-hydrogen) atoms. The third kappa shape index (κ3) is 4.77. The summed E-state index contributed by atoms with van der Waals surface area (Å²) < 4.78 is 5.48. The summed E-state index contributed by atoms with van der Waals surface area (Å²) in [5, 5.41) is 11.9. The molecule has 1 heterocycles. The van der Waals surface area contributed by atoms with Gasteiger partial charge in [0, 0.05) is 31.1 Å². The number of carboxylic acids is 1. The first-order valence-electron chi connectivity index (χ1n) is 11.3. The largest absolute Gasteiger partial charge is 0.481 e. The minimum atomic E-state index is -0.874. The van der Waals surface area contributed by atoms with Gasteiger partial charge in [-0.3, -0.25) is 9.59 Å². The van der Waals surface area contributed by atoms with Gasteiger partial charge in [0.2, 0.25) is 5.91 Å². The third-order valence-corrected chi connectivity index (χ3v) is 6.56. The fourth-order valence-corrected chi connectivity index (χ4v) is 4.83. The van der Waals surface area contributed by atoms with E-state index in [9.17, 15) is 19.5 Å². The second-order valence-corrected chi connectivity index (χ2v) is 8.47. The van der Waals surface area contributed by atoms with Crippen LogP contribution in [0.3, 0.4) is 0 Å². The highest BCUT2D eigenvalue weighted by Crippen LogP contribution is 2.44. The Kier molecular flexibility index (Phi) is 6.77. The number of nitrogens with zero attached hydrogens (tertiary/aromatic N) is 1. The van der Waals surface area contributed by atoms with E-state index in [2.05, 4.69) is 29.6 Å². The van der Waals surface area contributed by atoms with Crippen molar-refractivity contribution in [2.24, 2.45) is 5.92 Å². The van der Waals surface area contributed by atoms with Crippen LogP contribution in [0.25, 0.3) is 11.1 Å². The van der Waals surface area contributed by atoms with Crippen LogP contribution >= 0.6 is 0 Å². The summed E-state index contributed by atoms with van der Waals surface area (Å²) in [6.45, 7) is 2.67. The first kappa shape index (κ1) is 22.6. The van der Waals surface area contributed by atoms with Crippen molar-refractivity contribution >= 4 is 18.0 Å². The number of carbonyl (C=O) groups excluding carboxylic acids is 2. The van der Waals surface area contributed by atoms with Crippen molar-refractivity contribution in [1.29, 1.82) is 0 Å². The van der Waals surface area contributed by atoms with E-state index < -0.39 is 18.0 Å². The third-order valence-electron chi connectivity index (χ3n) is 6.56. The second-order valence-electron chi connectivity index (χ2n) is 8.47. The van der Waals surface area contributed by atoms with Gasteiger partial charge in [-0.2, -0.15) is 0 Å². The van der Waals surface area contributed by atoms with Crippen LogP contribution in [0.4, 0.5) is 4.79 Å². The van der Waals surface area contributed by atoms with E-state index in [1.54, 1.807) is 17.9 Å². The van der Waals surface area contributed by atoms with Crippen molar-refractivity contribution in [2.45, 2.75) is 31.7 Å². The Morgan fingerprint density at radius 3 is 2.36 bits per heavy atom. The zero-order chi connectivity index (χ0) is 23.4. The minimum absolute atomic E-state index is 0.0111. The van der Waals surface area contributed by atoms with Gasteiger partial charge in [0.15, 0.2) is 0 Å². The molecule has 0 unspecified atom stereocenters. The predicted octanol–water partition coefficient (Wildman–Crippen LogP) is 3.79. The van der Waals surface area contributed by atoms with Crippen LogP contribution in [0, 0.1) is 5.92 Å². The van der Waals surface area contributed by atoms with Gasteiger partial charge in [0.05, 0.1) is 5.92 Å². The Morgan fingerprint density at radius 2 is 1.73 bits per heavy atom. The van der Waals surface area contributed by atoms with Crippen molar-refractivity contribution in [1.82, 2.24) is 10.2 Å². The zero-order valence-electron chi connectivity index (χ0n) is 18.6. The van der Waals surface area contributed by atoms with Gasteiger partial charge in [-0.15, -0.1) is 0 Å².